The number of aromatic nitrogens is 1. The third kappa shape index (κ3) is 3.04. The summed E-state index contributed by atoms with van der Waals surface area (Å²) in [4.78, 5) is 12.7. The van der Waals surface area contributed by atoms with Crippen LogP contribution in [0.3, 0.4) is 0 Å². The van der Waals surface area contributed by atoms with Crippen LogP contribution in [-0.4, -0.2) is 4.57 Å². The average molecular weight is 340 g/mol. The van der Waals surface area contributed by atoms with Crippen LogP contribution in [0.1, 0.15) is 11.1 Å². The van der Waals surface area contributed by atoms with E-state index in [1.807, 2.05) is 0 Å². The number of alkyl halides is 3. The molecule has 0 fully saturated rings. The standard InChI is InChI=1S/C19H11F3N2O/c20-19(21,22)16-11-17(13-7-3-1-4-8-13)24(18(25)15(16)12-23)14-9-5-2-6-10-14/h1-11H. The van der Waals surface area contributed by atoms with Gasteiger partial charge in [-0.3, -0.25) is 9.36 Å². The van der Waals surface area contributed by atoms with Crippen molar-refractivity contribution in [3.05, 3.63) is 88.2 Å². The predicted octanol–water partition coefficient (Wildman–Crippen LogP) is 4.39. The van der Waals surface area contributed by atoms with E-state index in [1.165, 1.54) is 6.07 Å². The van der Waals surface area contributed by atoms with Gasteiger partial charge >= 0.3 is 6.18 Å². The predicted molar refractivity (Wildman–Crippen MR) is 87.2 cm³/mol. The van der Waals surface area contributed by atoms with Gasteiger partial charge in [0.05, 0.1) is 11.3 Å². The first kappa shape index (κ1) is 16.5. The number of benzene rings is 2. The number of hydrogen-bond donors (Lipinski definition) is 0. The smallest absolute Gasteiger partial charge is 0.276 e. The quantitative estimate of drug-likeness (QED) is 0.694. The molecule has 3 nitrogen and oxygen atoms in total. The van der Waals surface area contributed by atoms with Crippen LogP contribution in [0.5, 0.6) is 0 Å². The summed E-state index contributed by atoms with van der Waals surface area (Å²) >= 11 is 0. The minimum absolute atomic E-state index is 0.0723. The van der Waals surface area contributed by atoms with Crippen molar-refractivity contribution in [1.82, 2.24) is 4.57 Å². The summed E-state index contributed by atoms with van der Waals surface area (Å²) < 4.78 is 41.2. The Morgan fingerprint density at radius 1 is 0.920 bits per heavy atom. The lowest BCUT2D eigenvalue weighted by Gasteiger charge is -2.17. The summed E-state index contributed by atoms with van der Waals surface area (Å²) in [6.45, 7) is 0. The Bertz CT molecular complexity index is 1000. The monoisotopic (exact) mass is 340 g/mol. The van der Waals surface area contributed by atoms with Crippen molar-refractivity contribution in [2.45, 2.75) is 6.18 Å². The molecule has 0 bridgehead atoms. The van der Waals surface area contributed by atoms with Crippen molar-refractivity contribution in [3.63, 3.8) is 0 Å². The number of nitrogens with zero attached hydrogens (tertiary/aromatic N) is 2. The Labute approximate surface area is 141 Å². The van der Waals surface area contributed by atoms with E-state index in [2.05, 4.69) is 0 Å². The van der Waals surface area contributed by atoms with Gasteiger partial charge in [0, 0.05) is 5.69 Å². The number of nitriles is 1. The molecule has 0 radical (unpaired) electrons. The van der Waals surface area contributed by atoms with Crippen molar-refractivity contribution in [2.75, 3.05) is 0 Å². The molecule has 0 atom stereocenters. The lowest BCUT2D eigenvalue weighted by molar-refractivity contribution is -0.137. The third-order valence-corrected chi connectivity index (χ3v) is 3.71. The van der Waals surface area contributed by atoms with E-state index >= 15 is 0 Å². The van der Waals surface area contributed by atoms with Crippen molar-refractivity contribution in [1.29, 1.82) is 5.26 Å². The molecule has 3 aromatic rings. The molecule has 6 heteroatoms. The number of para-hydroxylation sites is 1. The molecular formula is C19H11F3N2O. The van der Waals surface area contributed by atoms with Gasteiger partial charge in [0.15, 0.2) is 0 Å². The molecule has 0 saturated carbocycles. The molecule has 2 aromatic carbocycles. The molecule has 0 amide bonds. The van der Waals surface area contributed by atoms with Crippen molar-refractivity contribution in [2.24, 2.45) is 0 Å². The van der Waals surface area contributed by atoms with Gasteiger partial charge in [0.25, 0.3) is 5.56 Å². The molecule has 1 aromatic heterocycles. The van der Waals surface area contributed by atoms with Gasteiger partial charge in [-0.05, 0) is 23.8 Å². The van der Waals surface area contributed by atoms with Crippen LogP contribution in [0.2, 0.25) is 0 Å². The maximum absolute atomic E-state index is 13.3. The second-order valence-corrected chi connectivity index (χ2v) is 5.27. The topological polar surface area (TPSA) is 45.8 Å². The van der Waals surface area contributed by atoms with E-state index in [0.717, 1.165) is 10.6 Å². The van der Waals surface area contributed by atoms with Crippen LogP contribution in [0.4, 0.5) is 13.2 Å². The lowest BCUT2D eigenvalue weighted by atomic mass is 10.0. The summed E-state index contributed by atoms with van der Waals surface area (Å²) in [5, 5.41) is 9.13. The number of halogens is 3. The zero-order valence-electron chi connectivity index (χ0n) is 12.8. The second kappa shape index (κ2) is 6.29. The lowest BCUT2D eigenvalue weighted by Crippen LogP contribution is -2.27. The highest BCUT2D eigenvalue weighted by Crippen LogP contribution is 2.34. The average Bonchev–Trinajstić information content (AvgIpc) is 2.61. The van der Waals surface area contributed by atoms with Gasteiger partial charge in [0.2, 0.25) is 0 Å². The normalized spacial score (nSPS) is 11.1. The molecule has 0 saturated heterocycles. The fourth-order valence-corrected chi connectivity index (χ4v) is 2.60. The highest BCUT2D eigenvalue weighted by Gasteiger charge is 2.36. The molecule has 124 valence electrons. The first-order valence-corrected chi connectivity index (χ1v) is 7.31. The van der Waals surface area contributed by atoms with E-state index in [1.54, 1.807) is 60.7 Å². The van der Waals surface area contributed by atoms with Gasteiger partial charge in [-0.25, -0.2) is 0 Å². The largest absolute Gasteiger partial charge is 0.417 e. The maximum Gasteiger partial charge on any atom is 0.417 e. The molecule has 0 aliphatic carbocycles. The number of rotatable bonds is 2. The Hall–Kier alpha value is -3.33. The molecule has 0 aliphatic rings. The van der Waals surface area contributed by atoms with Gasteiger partial charge in [-0.2, -0.15) is 18.4 Å². The molecule has 0 N–H and O–H groups in total. The van der Waals surface area contributed by atoms with Crippen molar-refractivity contribution in [3.8, 4) is 23.0 Å². The van der Waals surface area contributed by atoms with Gasteiger partial charge < -0.3 is 0 Å². The maximum atomic E-state index is 13.3. The third-order valence-electron chi connectivity index (χ3n) is 3.71. The van der Waals surface area contributed by atoms with Crippen molar-refractivity contribution >= 4 is 0 Å². The highest BCUT2D eigenvalue weighted by molar-refractivity contribution is 5.65. The van der Waals surface area contributed by atoms with E-state index < -0.39 is 22.9 Å². The van der Waals surface area contributed by atoms with E-state index in [9.17, 15) is 18.0 Å². The van der Waals surface area contributed by atoms with Crippen molar-refractivity contribution < 1.29 is 13.2 Å². The summed E-state index contributed by atoms with van der Waals surface area (Å²) in [5.74, 6) is 0. The van der Waals surface area contributed by atoms with Crippen LogP contribution < -0.4 is 5.56 Å². The summed E-state index contributed by atoms with van der Waals surface area (Å²) in [7, 11) is 0. The summed E-state index contributed by atoms with van der Waals surface area (Å²) in [6.07, 6.45) is -4.80. The summed E-state index contributed by atoms with van der Waals surface area (Å²) in [5.41, 5.74) is -2.25. The Balaban J connectivity index is 2.46. The van der Waals surface area contributed by atoms with Gasteiger partial charge in [0.1, 0.15) is 11.6 Å². The SMILES string of the molecule is N#Cc1c(C(F)(F)F)cc(-c2ccccc2)n(-c2ccccc2)c1=O. The minimum Gasteiger partial charge on any atom is -0.276 e. The Kier molecular flexibility index (Phi) is 4.15. The molecule has 0 aliphatic heterocycles. The fraction of sp³-hybridized carbons (Fsp3) is 0.0526. The Morgan fingerprint density at radius 2 is 1.48 bits per heavy atom. The molecule has 0 unspecified atom stereocenters. The zero-order valence-corrected chi connectivity index (χ0v) is 12.8. The minimum atomic E-state index is -4.80. The number of pyridine rings is 1. The molecule has 0 spiro atoms. The highest BCUT2D eigenvalue weighted by atomic mass is 19.4. The molecular weight excluding hydrogens is 329 g/mol. The van der Waals surface area contributed by atoms with Crippen LogP contribution in [0, 0.1) is 11.3 Å². The molecule has 25 heavy (non-hydrogen) atoms. The van der Waals surface area contributed by atoms with E-state index in [-0.39, 0.29) is 5.69 Å². The van der Waals surface area contributed by atoms with Crippen LogP contribution in [0.25, 0.3) is 16.9 Å². The number of hydrogen-bond acceptors (Lipinski definition) is 2. The first-order valence-electron chi connectivity index (χ1n) is 7.31. The Morgan fingerprint density at radius 3 is 2.00 bits per heavy atom. The zero-order chi connectivity index (χ0) is 18.0. The van der Waals surface area contributed by atoms with E-state index in [4.69, 9.17) is 5.26 Å². The molecule has 3 rings (SSSR count). The first-order chi connectivity index (χ1) is 11.9. The van der Waals surface area contributed by atoms with E-state index in [0.29, 0.717) is 11.3 Å². The fourth-order valence-electron chi connectivity index (χ4n) is 2.60. The van der Waals surface area contributed by atoms with Gasteiger partial charge in [-0.15, -0.1) is 0 Å². The molecule has 1 heterocycles. The van der Waals surface area contributed by atoms with Crippen LogP contribution in [0.15, 0.2) is 71.5 Å². The van der Waals surface area contributed by atoms with Crippen LogP contribution >= 0.6 is 0 Å². The van der Waals surface area contributed by atoms with Gasteiger partial charge in [-0.1, -0.05) is 48.5 Å². The summed E-state index contributed by atoms with van der Waals surface area (Å²) in [6, 6.07) is 18.8. The second-order valence-electron chi connectivity index (χ2n) is 5.27. The van der Waals surface area contributed by atoms with Crippen LogP contribution in [-0.2, 0) is 6.18 Å².